The van der Waals surface area contributed by atoms with Crippen LogP contribution >= 0.6 is 0 Å². The van der Waals surface area contributed by atoms with Gasteiger partial charge in [0.1, 0.15) is 5.82 Å². The van der Waals surface area contributed by atoms with Crippen LogP contribution in [0.15, 0.2) is 17.1 Å². The van der Waals surface area contributed by atoms with Crippen molar-refractivity contribution in [2.24, 2.45) is 11.3 Å². The summed E-state index contributed by atoms with van der Waals surface area (Å²) in [5.41, 5.74) is 5.06. The van der Waals surface area contributed by atoms with Gasteiger partial charge < -0.3 is 10.8 Å². The van der Waals surface area contributed by atoms with Crippen LogP contribution in [0.1, 0.15) is 26.3 Å². The number of aromatic nitrogens is 2. The van der Waals surface area contributed by atoms with Gasteiger partial charge in [0.05, 0.1) is 0 Å². The minimum atomic E-state index is -0.311. The molecule has 0 unspecified atom stereocenters. The van der Waals surface area contributed by atoms with Crippen molar-refractivity contribution in [3.8, 4) is 0 Å². The Balaban J connectivity index is 2.31. The Morgan fingerprint density at radius 3 is 2.88 bits per heavy atom. The van der Waals surface area contributed by atoms with Crippen LogP contribution < -0.4 is 11.4 Å². The van der Waals surface area contributed by atoms with E-state index in [2.05, 4.69) is 18.8 Å². The van der Waals surface area contributed by atoms with E-state index in [4.69, 9.17) is 5.73 Å². The van der Waals surface area contributed by atoms with Crippen LogP contribution in [0.2, 0.25) is 0 Å². The van der Waals surface area contributed by atoms with Crippen LogP contribution in [0.25, 0.3) is 0 Å². The molecule has 0 aromatic carbocycles. The number of aliphatic hydroxyl groups is 1. The van der Waals surface area contributed by atoms with E-state index in [1.165, 1.54) is 0 Å². The van der Waals surface area contributed by atoms with Crippen molar-refractivity contribution in [1.82, 2.24) is 9.55 Å². The molecule has 2 atom stereocenters. The number of hydrogen-bond donors (Lipinski definition) is 2. The van der Waals surface area contributed by atoms with E-state index in [1.54, 1.807) is 16.8 Å². The lowest BCUT2D eigenvalue weighted by atomic mass is 9.59. The van der Waals surface area contributed by atoms with Crippen LogP contribution in [0.3, 0.4) is 0 Å². The van der Waals surface area contributed by atoms with Crippen LogP contribution in [-0.4, -0.2) is 21.3 Å². The average molecular weight is 223 g/mol. The fraction of sp³-hybridized carbons (Fsp3) is 0.636. The van der Waals surface area contributed by atoms with Gasteiger partial charge in [-0.1, -0.05) is 13.8 Å². The number of anilines is 1. The first kappa shape index (κ1) is 11.1. The lowest BCUT2D eigenvalue weighted by Crippen LogP contribution is -2.50. The molecule has 0 bridgehead atoms. The van der Waals surface area contributed by atoms with E-state index in [0.717, 1.165) is 6.42 Å². The van der Waals surface area contributed by atoms with Crippen molar-refractivity contribution in [2.45, 2.75) is 26.3 Å². The van der Waals surface area contributed by atoms with Crippen molar-refractivity contribution in [3.63, 3.8) is 0 Å². The molecular weight excluding hydrogens is 206 g/mol. The number of nitrogens with two attached hydrogens (primary N) is 1. The van der Waals surface area contributed by atoms with Gasteiger partial charge >= 0.3 is 5.69 Å². The number of nitrogens with zero attached hydrogens (tertiary/aromatic N) is 2. The van der Waals surface area contributed by atoms with Crippen LogP contribution in [0, 0.1) is 11.3 Å². The van der Waals surface area contributed by atoms with Gasteiger partial charge in [-0.15, -0.1) is 0 Å². The first-order valence-corrected chi connectivity index (χ1v) is 5.42. The summed E-state index contributed by atoms with van der Waals surface area (Å²) in [6, 6.07) is 1.73. The lowest BCUT2D eigenvalue weighted by molar-refractivity contribution is -0.0442. The average Bonchev–Trinajstić information content (AvgIpc) is 2.20. The Morgan fingerprint density at radius 1 is 1.69 bits per heavy atom. The molecule has 1 heterocycles. The molecule has 1 saturated carbocycles. The van der Waals surface area contributed by atoms with Gasteiger partial charge in [0.15, 0.2) is 0 Å². The molecule has 0 amide bonds. The Labute approximate surface area is 93.9 Å². The smallest absolute Gasteiger partial charge is 0.349 e. The molecule has 3 N–H and O–H groups in total. The molecule has 2 rings (SSSR count). The quantitative estimate of drug-likeness (QED) is 0.760. The highest BCUT2D eigenvalue weighted by Gasteiger charge is 2.48. The van der Waals surface area contributed by atoms with Crippen molar-refractivity contribution < 1.29 is 5.11 Å². The van der Waals surface area contributed by atoms with Crippen molar-refractivity contribution in [2.75, 3.05) is 12.3 Å². The summed E-state index contributed by atoms with van der Waals surface area (Å²) in [5.74, 6) is 0.499. The fourth-order valence-electron chi connectivity index (χ4n) is 2.43. The molecule has 88 valence electrons. The summed E-state index contributed by atoms with van der Waals surface area (Å²) < 4.78 is 1.61. The molecule has 1 aliphatic rings. The number of rotatable bonds is 2. The Morgan fingerprint density at radius 2 is 2.38 bits per heavy atom. The van der Waals surface area contributed by atoms with Gasteiger partial charge in [-0.2, -0.15) is 4.98 Å². The van der Waals surface area contributed by atoms with E-state index in [-0.39, 0.29) is 35.5 Å². The molecule has 16 heavy (non-hydrogen) atoms. The zero-order valence-electron chi connectivity index (χ0n) is 9.55. The fourth-order valence-corrected chi connectivity index (χ4v) is 2.43. The molecule has 1 fully saturated rings. The molecule has 0 aliphatic heterocycles. The largest absolute Gasteiger partial charge is 0.396 e. The second-order valence-electron chi connectivity index (χ2n) is 4.99. The first-order valence-electron chi connectivity index (χ1n) is 5.42. The van der Waals surface area contributed by atoms with Gasteiger partial charge in [-0.25, -0.2) is 4.79 Å². The van der Waals surface area contributed by atoms with Crippen molar-refractivity contribution in [1.29, 1.82) is 0 Å². The zero-order chi connectivity index (χ0) is 11.9. The second-order valence-corrected chi connectivity index (χ2v) is 4.99. The van der Waals surface area contributed by atoms with E-state index in [1.807, 2.05) is 0 Å². The Kier molecular flexibility index (Phi) is 2.50. The van der Waals surface area contributed by atoms with Gasteiger partial charge in [0.2, 0.25) is 0 Å². The third-order valence-electron chi connectivity index (χ3n) is 3.83. The van der Waals surface area contributed by atoms with Gasteiger partial charge in [-0.3, -0.25) is 4.57 Å². The predicted octanol–water partition coefficient (Wildman–Crippen LogP) is 0.405. The number of aliphatic hydroxyl groups excluding tert-OH is 1. The standard InChI is InChI=1S/C11H17N3O2/c1-11(2)7(6-15)5-8(11)14-4-3-9(12)13-10(14)16/h3-4,7-8,15H,5-6H2,1-2H3,(H2,12,13,16)/t7-,8-/m0/s1. The SMILES string of the molecule is CC1(C)[C@H](CO)C[C@@H]1n1ccc(N)nc1=O. The van der Waals surface area contributed by atoms with E-state index in [0.29, 0.717) is 0 Å². The van der Waals surface area contributed by atoms with Crippen LogP contribution in [0.5, 0.6) is 0 Å². The molecule has 0 saturated heterocycles. The monoisotopic (exact) mass is 223 g/mol. The van der Waals surface area contributed by atoms with Crippen molar-refractivity contribution >= 4 is 5.82 Å². The van der Waals surface area contributed by atoms with E-state index in [9.17, 15) is 9.90 Å². The summed E-state index contributed by atoms with van der Waals surface area (Å²) in [4.78, 5) is 15.4. The first-order chi connectivity index (χ1) is 7.46. The lowest BCUT2D eigenvalue weighted by Gasteiger charge is -2.51. The van der Waals surface area contributed by atoms with Gasteiger partial charge in [0.25, 0.3) is 0 Å². The maximum Gasteiger partial charge on any atom is 0.349 e. The second kappa shape index (κ2) is 3.59. The van der Waals surface area contributed by atoms with E-state index >= 15 is 0 Å². The highest BCUT2D eigenvalue weighted by Crippen LogP contribution is 2.53. The molecular formula is C11H17N3O2. The van der Waals surface area contributed by atoms with E-state index < -0.39 is 0 Å². The summed E-state index contributed by atoms with van der Waals surface area (Å²) in [6.45, 7) is 4.29. The number of nitrogen functional groups attached to an aromatic ring is 1. The summed E-state index contributed by atoms with van der Waals surface area (Å²) >= 11 is 0. The maximum absolute atomic E-state index is 11.7. The van der Waals surface area contributed by atoms with Crippen molar-refractivity contribution in [3.05, 3.63) is 22.7 Å². The topological polar surface area (TPSA) is 81.1 Å². The minimum absolute atomic E-state index is 0.0730. The van der Waals surface area contributed by atoms with Crippen LogP contribution in [0.4, 0.5) is 5.82 Å². The summed E-state index contributed by atoms with van der Waals surface area (Å²) in [6.07, 6.45) is 2.50. The summed E-state index contributed by atoms with van der Waals surface area (Å²) in [7, 11) is 0. The molecule has 5 heteroatoms. The third-order valence-corrected chi connectivity index (χ3v) is 3.83. The molecule has 0 radical (unpaired) electrons. The third kappa shape index (κ3) is 1.51. The normalized spacial score (nSPS) is 27.4. The molecule has 1 aliphatic carbocycles. The van der Waals surface area contributed by atoms with Crippen LogP contribution in [-0.2, 0) is 0 Å². The summed E-state index contributed by atoms with van der Waals surface area (Å²) in [5, 5.41) is 9.18. The van der Waals surface area contributed by atoms with Gasteiger partial charge in [-0.05, 0) is 23.8 Å². The molecule has 0 spiro atoms. The maximum atomic E-state index is 11.7. The zero-order valence-corrected chi connectivity index (χ0v) is 9.55. The highest BCUT2D eigenvalue weighted by molar-refractivity contribution is 5.24. The molecule has 5 nitrogen and oxygen atoms in total. The Bertz CT molecular complexity index is 453. The minimum Gasteiger partial charge on any atom is -0.396 e. The Hall–Kier alpha value is -1.36. The molecule has 1 aromatic heterocycles. The highest BCUT2D eigenvalue weighted by atomic mass is 16.3. The van der Waals surface area contributed by atoms with Gasteiger partial charge in [0, 0.05) is 18.8 Å². The molecule has 1 aromatic rings. The predicted molar refractivity (Wildman–Crippen MR) is 60.9 cm³/mol. The number of hydrogen-bond acceptors (Lipinski definition) is 4.